The van der Waals surface area contributed by atoms with Gasteiger partial charge in [-0.25, -0.2) is 0 Å². The molecule has 0 fully saturated rings. The molecule has 1 aliphatic rings. The molecule has 1 aromatic rings. The second kappa shape index (κ2) is 5.03. The van der Waals surface area contributed by atoms with Gasteiger partial charge >= 0.3 is 0 Å². The highest BCUT2D eigenvalue weighted by molar-refractivity contribution is 5.50. The Morgan fingerprint density at radius 3 is 2.56 bits per heavy atom. The third-order valence-corrected chi connectivity index (χ3v) is 3.00. The number of hydrogen-bond acceptors (Lipinski definition) is 3. The van der Waals surface area contributed by atoms with Gasteiger partial charge in [-0.05, 0) is 30.7 Å². The molecule has 0 radical (unpaired) electrons. The Kier molecular flexibility index (Phi) is 3.47. The lowest BCUT2D eigenvalue weighted by Gasteiger charge is -2.28. The van der Waals surface area contributed by atoms with Crippen LogP contribution in [0.3, 0.4) is 0 Å². The Balaban J connectivity index is 2.05. The van der Waals surface area contributed by atoms with Crippen LogP contribution in [0.4, 0.5) is 5.69 Å². The van der Waals surface area contributed by atoms with E-state index in [-0.39, 0.29) is 0 Å². The number of benzene rings is 1. The zero-order chi connectivity index (χ0) is 11.4. The minimum atomic E-state index is 0.691. The van der Waals surface area contributed by atoms with E-state index in [1.165, 1.54) is 11.3 Å². The van der Waals surface area contributed by atoms with Crippen molar-refractivity contribution in [3.63, 3.8) is 0 Å². The molecule has 1 heterocycles. The molecule has 86 valence electrons. The maximum absolute atomic E-state index is 5.62. The standard InChI is InChI=1S/C13H18N2O/c1-16-13-4-2-12(3-5-13)15-8-6-11(10-14)7-9-15/h2-6H,7-10,14H2,1H3. The third kappa shape index (κ3) is 2.36. The third-order valence-electron chi connectivity index (χ3n) is 3.00. The van der Waals surface area contributed by atoms with Crippen LogP contribution in [0.5, 0.6) is 5.75 Å². The smallest absolute Gasteiger partial charge is 0.119 e. The maximum Gasteiger partial charge on any atom is 0.119 e. The molecule has 0 atom stereocenters. The first-order valence-electron chi connectivity index (χ1n) is 5.60. The molecule has 0 unspecified atom stereocenters. The first kappa shape index (κ1) is 11.0. The van der Waals surface area contributed by atoms with Crippen LogP contribution in [-0.2, 0) is 0 Å². The summed E-state index contributed by atoms with van der Waals surface area (Å²) in [5.74, 6) is 0.902. The average Bonchev–Trinajstić information content (AvgIpc) is 2.39. The Morgan fingerprint density at radius 1 is 1.31 bits per heavy atom. The zero-order valence-electron chi connectivity index (χ0n) is 9.65. The van der Waals surface area contributed by atoms with Crippen LogP contribution in [0.1, 0.15) is 6.42 Å². The van der Waals surface area contributed by atoms with Crippen LogP contribution in [-0.4, -0.2) is 26.7 Å². The van der Waals surface area contributed by atoms with Crippen LogP contribution < -0.4 is 15.4 Å². The van der Waals surface area contributed by atoms with E-state index in [1.54, 1.807) is 7.11 Å². The monoisotopic (exact) mass is 218 g/mol. The van der Waals surface area contributed by atoms with Gasteiger partial charge in [0.05, 0.1) is 7.11 Å². The van der Waals surface area contributed by atoms with Gasteiger partial charge in [-0.1, -0.05) is 11.6 Å². The molecule has 0 aromatic heterocycles. The molecule has 3 nitrogen and oxygen atoms in total. The largest absolute Gasteiger partial charge is 0.497 e. The number of hydrogen-bond donors (Lipinski definition) is 1. The van der Waals surface area contributed by atoms with Crippen molar-refractivity contribution in [1.29, 1.82) is 0 Å². The molecule has 0 amide bonds. The van der Waals surface area contributed by atoms with Crippen LogP contribution >= 0.6 is 0 Å². The van der Waals surface area contributed by atoms with Crippen molar-refractivity contribution in [2.75, 3.05) is 31.6 Å². The van der Waals surface area contributed by atoms with Gasteiger partial charge in [-0.2, -0.15) is 0 Å². The van der Waals surface area contributed by atoms with E-state index in [1.807, 2.05) is 12.1 Å². The van der Waals surface area contributed by atoms with Gasteiger partial charge in [0.1, 0.15) is 5.75 Å². The minimum absolute atomic E-state index is 0.691. The van der Waals surface area contributed by atoms with Crippen LogP contribution in [0, 0.1) is 0 Å². The first-order valence-corrected chi connectivity index (χ1v) is 5.60. The summed E-state index contributed by atoms with van der Waals surface area (Å²) in [6.45, 7) is 2.70. The number of ether oxygens (including phenoxy) is 1. The molecule has 0 aliphatic carbocycles. The number of nitrogens with two attached hydrogens (primary N) is 1. The van der Waals surface area contributed by atoms with E-state index in [0.717, 1.165) is 25.3 Å². The van der Waals surface area contributed by atoms with Gasteiger partial charge < -0.3 is 15.4 Å². The lowest BCUT2D eigenvalue weighted by atomic mass is 10.1. The SMILES string of the molecule is COc1ccc(N2CC=C(CN)CC2)cc1. The van der Waals surface area contributed by atoms with Gasteiger partial charge in [-0.3, -0.25) is 0 Å². The van der Waals surface area contributed by atoms with Crippen LogP contribution in [0.25, 0.3) is 0 Å². The van der Waals surface area contributed by atoms with Crippen molar-refractivity contribution in [1.82, 2.24) is 0 Å². The highest BCUT2D eigenvalue weighted by Crippen LogP contribution is 2.22. The van der Waals surface area contributed by atoms with Gasteiger partial charge in [0.15, 0.2) is 0 Å². The fourth-order valence-electron chi connectivity index (χ4n) is 1.92. The number of anilines is 1. The fourth-order valence-corrected chi connectivity index (χ4v) is 1.92. The van der Waals surface area contributed by atoms with Gasteiger partial charge in [0.2, 0.25) is 0 Å². The molecular formula is C13H18N2O. The summed E-state index contributed by atoms with van der Waals surface area (Å²) in [6.07, 6.45) is 3.30. The summed E-state index contributed by atoms with van der Waals surface area (Å²) in [7, 11) is 1.69. The Morgan fingerprint density at radius 2 is 2.06 bits per heavy atom. The highest BCUT2D eigenvalue weighted by atomic mass is 16.5. The molecule has 0 saturated carbocycles. The molecule has 3 heteroatoms. The molecule has 0 bridgehead atoms. The molecule has 1 aromatic carbocycles. The van der Waals surface area contributed by atoms with Crippen molar-refractivity contribution in [2.45, 2.75) is 6.42 Å². The Bertz CT molecular complexity index is 370. The first-order chi connectivity index (χ1) is 7.83. The molecule has 1 aliphatic heterocycles. The van der Waals surface area contributed by atoms with Gasteiger partial charge in [0, 0.05) is 25.3 Å². The van der Waals surface area contributed by atoms with Gasteiger partial charge in [-0.15, -0.1) is 0 Å². The predicted octanol–water partition coefficient (Wildman–Crippen LogP) is 1.79. The predicted molar refractivity (Wildman–Crippen MR) is 67.0 cm³/mol. The van der Waals surface area contributed by atoms with E-state index < -0.39 is 0 Å². The molecule has 2 rings (SSSR count). The second-order valence-corrected chi connectivity index (χ2v) is 3.96. The molecule has 0 spiro atoms. The number of methoxy groups -OCH3 is 1. The molecule has 0 saturated heterocycles. The highest BCUT2D eigenvalue weighted by Gasteiger charge is 2.11. The van der Waals surface area contributed by atoms with E-state index in [4.69, 9.17) is 10.5 Å². The van der Waals surface area contributed by atoms with E-state index in [9.17, 15) is 0 Å². The van der Waals surface area contributed by atoms with Crippen molar-refractivity contribution in [3.05, 3.63) is 35.9 Å². The molecular weight excluding hydrogens is 200 g/mol. The summed E-state index contributed by atoms with van der Waals surface area (Å²) in [5.41, 5.74) is 8.23. The van der Waals surface area contributed by atoms with E-state index >= 15 is 0 Å². The topological polar surface area (TPSA) is 38.5 Å². The normalized spacial score (nSPS) is 15.9. The van der Waals surface area contributed by atoms with Crippen LogP contribution in [0.2, 0.25) is 0 Å². The van der Waals surface area contributed by atoms with Crippen molar-refractivity contribution >= 4 is 5.69 Å². The summed E-state index contributed by atoms with van der Waals surface area (Å²) in [4.78, 5) is 2.35. The second-order valence-electron chi connectivity index (χ2n) is 3.96. The van der Waals surface area contributed by atoms with Gasteiger partial charge in [0.25, 0.3) is 0 Å². The van der Waals surface area contributed by atoms with E-state index in [0.29, 0.717) is 6.54 Å². The Labute approximate surface area is 96.5 Å². The van der Waals surface area contributed by atoms with Crippen molar-refractivity contribution in [2.24, 2.45) is 5.73 Å². The minimum Gasteiger partial charge on any atom is -0.497 e. The van der Waals surface area contributed by atoms with E-state index in [2.05, 4.69) is 23.1 Å². The summed E-state index contributed by atoms with van der Waals surface area (Å²) in [6, 6.07) is 8.19. The molecule has 2 N–H and O–H groups in total. The quantitative estimate of drug-likeness (QED) is 0.786. The van der Waals surface area contributed by atoms with Crippen molar-refractivity contribution in [3.8, 4) is 5.75 Å². The average molecular weight is 218 g/mol. The lowest BCUT2D eigenvalue weighted by Crippen LogP contribution is -2.29. The summed E-state index contributed by atoms with van der Waals surface area (Å²) >= 11 is 0. The Hall–Kier alpha value is -1.48. The lowest BCUT2D eigenvalue weighted by molar-refractivity contribution is 0.415. The molecule has 16 heavy (non-hydrogen) atoms. The maximum atomic E-state index is 5.62. The van der Waals surface area contributed by atoms with Crippen LogP contribution in [0.15, 0.2) is 35.9 Å². The summed E-state index contributed by atoms with van der Waals surface area (Å²) < 4.78 is 5.14. The van der Waals surface area contributed by atoms with Crippen molar-refractivity contribution < 1.29 is 4.74 Å². The fraction of sp³-hybridized carbons (Fsp3) is 0.385. The summed E-state index contributed by atoms with van der Waals surface area (Å²) in [5, 5.41) is 0. The number of rotatable bonds is 3. The number of nitrogens with zero attached hydrogens (tertiary/aromatic N) is 1. The zero-order valence-corrected chi connectivity index (χ0v) is 9.65.